The van der Waals surface area contributed by atoms with Crippen LogP contribution in [0.4, 0.5) is 4.79 Å². The van der Waals surface area contributed by atoms with Crippen LogP contribution in [0.1, 0.15) is 0 Å². The number of carbonyl (C=O) groups excluding carboxylic acids is 1. The SMILES string of the molecule is Cl.O=C1N=C2C=CC=CC2N1. The van der Waals surface area contributed by atoms with Crippen molar-refractivity contribution in [3.8, 4) is 0 Å². The Morgan fingerprint density at radius 2 is 2.27 bits per heavy atom. The highest BCUT2D eigenvalue weighted by Crippen LogP contribution is 2.06. The zero-order chi connectivity index (χ0) is 6.97. The minimum atomic E-state index is -0.240. The predicted molar refractivity (Wildman–Crippen MR) is 45.3 cm³/mol. The van der Waals surface area contributed by atoms with Gasteiger partial charge in [-0.1, -0.05) is 18.2 Å². The van der Waals surface area contributed by atoms with Crippen LogP contribution in [0, 0.1) is 0 Å². The number of urea groups is 1. The summed E-state index contributed by atoms with van der Waals surface area (Å²) in [4.78, 5) is 14.4. The second kappa shape index (κ2) is 2.88. The first-order valence-corrected chi connectivity index (χ1v) is 3.10. The van der Waals surface area contributed by atoms with Gasteiger partial charge in [0.25, 0.3) is 0 Å². The van der Waals surface area contributed by atoms with Gasteiger partial charge in [0.15, 0.2) is 0 Å². The summed E-state index contributed by atoms with van der Waals surface area (Å²) >= 11 is 0. The van der Waals surface area contributed by atoms with Gasteiger partial charge in [0.1, 0.15) is 0 Å². The summed E-state index contributed by atoms with van der Waals surface area (Å²) < 4.78 is 0. The summed E-state index contributed by atoms with van der Waals surface area (Å²) in [5.74, 6) is 0. The molecule has 0 fully saturated rings. The molecule has 2 aliphatic rings. The molecule has 0 saturated carbocycles. The van der Waals surface area contributed by atoms with Crippen molar-refractivity contribution < 1.29 is 4.79 Å². The molecule has 11 heavy (non-hydrogen) atoms. The van der Waals surface area contributed by atoms with Crippen molar-refractivity contribution in [2.45, 2.75) is 6.04 Å². The van der Waals surface area contributed by atoms with Crippen LogP contribution >= 0.6 is 12.4 Å². The molecule has 0 aromatic heterocycles. The zero-order valence-electron chi connectivity index (χ0n) is 5.65. The number of hydrogen-bond donors (Lipinski definition) is 1. The standard InChI is InChI=1S/C7H6N2O.ClH/c10-7-8-5-3-1-2-4-6(5)9-7;/h1-5H,(H,8,10);1H. The molecule has 1 N–H and O–H groups in total. The molecule has 2 rings (SSSR count). The van der Waals surface area contributed by atoms with Crippen LogP contribution in [0.5, 0.6) is 0 Å². The van der Waals surface area contributed by atoms with Gasteiger partial charge >= 0.3 is 6.03 Å². The van der Waals surface area contributed by atoms with E-state index in [1.54, 1.807) is 0 Å². The van der Waals surface area contributed by atoms with Crippen LogP contribution in [0.2, 0.25) is 0 Å². The van der Waals surface area contributed by atoms with E-state index >= 15 is 0 Å². The third kappa shape index (κ3) is 1.33. The molecule has 0 aromatic carbocycles. The summed E-state index contributed by atoms with van der Waals surface area (Å²) in [5, 5.41) is 2.68. The van der Waals surface area contributed by atoms with Crippen molar-refractivity contribution in [1.29, 1.82) is 0 Å². The Labute approximate surface area is 70.3 Å². The normalized spacial score (nSPS) is 25.3. The Kier molecular flexibility index (Phi) is 2.10. The Morgan fingerprint density at radius 3 is 3.00 bits per heavy atom. The minimum Gasteiger partial charge on any atom is -0.324 e. The molecule has 1 atom stereocenters. The van der Waals surface area contributed by atoms with Gasteiger partial charge < -0.3 is 5.32 Å². The maximum Gasteiger partial charge on any atom is 0.342 e. The third-order valence-electron chi connectivity index (χ3n) is 1.51. The maximum atomic E-state index is 10.6. The summed E-state index contributed by atoms with van der Waals surface area (Å²) in [6.45, 7) is 0. The first-order valence-electron chi connectivity index (χ1n) is 3.10. The van der Waals surface area contributed by atoms with E-state index in [0.29, 0.717) is 0 Å². The number of nitrogens with one attached hydrogen (secondary N) is 1. The van der Waals surface area contributed by atoms with Crippen molar-refractivity contribution in [2.24, 2.45) is 4.99 Å². The molecule has 0 aromatic rings. The van der Waals surface area contributed by atoms with E-state index < -0.39 is 0 Å². The minimum absolute atomic E-state index is 0. The predicted octanol–water partition coefficient (Wildman–Crippen LogP) is 1.07. The van der Waals surface area contributed by atoms with E-state index in [1.807, 2.05) is 24.3 Å². The number of nitrogens with zero attached hydrogens (tertiary/aromatic N) is 1. The van der Waals surface area contributed by atoms with Crippen LogP contribution in [0.25, 0.3) is 0 Å². The molecule has 1 unspecified atom stereocenters. The fourth-order valence-electron chi connectivity index (χ4n) is 1.04. The average Bonchev–Trinajstić information content (AvgIpc) is 2.27. The van der Waals surface area contributed by atoms with E-state index in [9.17, 15) is 4.79 Å². The second-order valence-corrected chi connectivity index (χ2v) is 2.21. The van der Waals surface area contributed by atoms with Crippen molar-refractivity contribution in [2.75, 3.05) is 0 Å². The summed E-state index contributed by atoms with van der Waals surface area (Å²) in [6, 6.07) is -0.214. The molecule has 58 valence electrons. The smallest absolute Gasteiger partial charge is 0.324 e. The number of rotatable bonds is 0. The molecule has 2 amide bonds. The average molecular weight is 171 g/mol. The van der Waals surface area contributed by atoms with Gasteiger partial charge in [0.05, 0.1) is 11.8 Å². The number of halogens is 1. The van der Waals surface area contributed by atoms with Crippen molar-refractivity contribution in [3.63, 3.8) is 0 Å². The molecule has 1 heterocycles. The molecule has 1 aliphatic heterocycles. The number of amides is 2. The molecule has 0 radical (unpaired) electrons. The van der Waals surface area contributed by atoms with Crippen LogP contribution in [0.15, 0.2) is 29.3 Å². The lowest BCUT2D eigenvalue weighted by Gasteiger charge is -2.06. The van der Waals surface area contributed by atoms with Gasteiger partial charge in [0, 0.05) is 0 Å². The lowest BCUT2D eigenvalue weighted by molar-refractivity contribution is 0.251. The van der Waals surface area contributed by atoms with Gasteiger partial charge in [-0.3, -0.25) is 0 Å². The molecular weight excluding hydrogens is 164 g/mol. The van der Waals surface area contributed by atoms with Gasteiger partial charge in [-0.25, -0.2) is 4.79 Å². The fraction of sp³-hybridized carbons (Fsp3) is 0.143. The molecule has 3 nitrogen and oxygen atoms in total. The number of carbonyl (C=O) groups is 1. The summed E-state index contributed by atoms with van der Waals surface area (Å²) in [5.41, 5.74) is 0.813. The summed E-state index contributed by atoms with van der Waals surface area (Å²) in [6.07, 6.45) is 7.51. The van der Waals surface area contributed by atoms with Crippen LogP contribution < -0.4 is 5.32 Å². The van der Waals surface area contributed by atoms with E-state index in [0.717, 1.165) is 5.71 Å². The largest absolute Gasteiger partial charge is 0.342 e. The van der Waals surface area contributed by atoms with E-state index in [-0.39, 0.29) is 24.5 Å². The Balaban J connectivity index is 0.000000605. The van der Waals surface area contributed by atoms with Crippen LogP contribution in [-0.4, -0.2) is 17.8 Å². The zero-order valence-corrected chi connectivity index (χ0v) is 6.47. The number of aliphatic imine (C=N–C) groups is 1. The van der Waals surface area contributed by atoms with Crippen molar-refractivity contribution in [1.82, 2.24) is 5.32 Å². The van der Waals surface area contributed by atoms with Gasteiger partial charge in [0.2, 0.25) is 0 Å². The van der Waals surface area contributed by atoms with Crippen molar-refractivity contribution in [3.05, 3.63) is 24.3 Å². The highest BCUT2D eigenvalue weighted by Gasteiger charge is 2.21. The van der Waals surface area contributed by atoms with Gasteiger partial charge in [-0.2, -0.15) is 4.99 Å². The molecule has 0 spiro atoms. The Hall–Kier alpha value is -1.09. The second-order valence-electron chi connectivity index (χ2n) is 2.21. The topological polar surface area (TPSA) is 41.5 Å². The molecule has 0 bridgehead atoms. The molecule has 4 heteroatoms. The van der Waals surface area contributed by atoms with E-state index in [4.69, 9.17) is 0 Å². The quantitative estimate of drug-likeness (QED) is 0.581. The van der Waals surface area contributed by atoms with Crippen molar-refractivity contribution >= 4 is 24.1 Å². The number of hydrogen-bond acceptors (Lipinski definition) is 1. The van der Waals surface area contributed by atoms with E-state index in [1.165, 1.54) is 0 Å². The highest BCUT2D eigenvalue weighted by molar-refractivity contribution is 6.12. The summed E-state index contributed by atoms with van der Waals surface area (Å²) in [7, 11) is 0. The molecule has 1 aliphatic carbocycles. The van der Waals surface area contributed by atoms with Gasteiger partial charge in [-0.05, 0) is 6.08 Å². The highest BCUT2D eigenvalue weighted by atomic mass is 35.5. The number of fused-ring (bicyclic) bond motifs is 1. The Morgan fingerprint density at radius 1 is 1.45 bits per heavy atom. The third-order valence-corrected chi connectivity index (χ3v) is 1.51. The maximum absolute atomic E-state index is 10.6. The first-order chi connectivity index (χ1) is 4.86. The monoisotopic (exact) mass is 170 g/mol. The van der Waals surface area contributed by atoms with E-state index in [2.05, 4.69) is 10.3 Å². The van der Waals surface area contributed by atoms with Crippen LogP contribution in [-0.2, 0) is 0 Å². The Bertz CT molecular complexity index is 268. The lowest BCUT2D eigenvalue weighted by atomic mass is 10.1. The molecule has 0 saturated heterocycles. The van der Waals surface area contributed by atoms with Crippen LogP contribution in [0.3, 0.4) is 0 Å². The lowest BCUT2D eigenvalue weighted by Crippen LogP contribution is -2.29. The molecular formula is C7H7ClN2O. The fourth-order valence-corrected chi connectivity index (χ4v) is 1.04. The number of allylic oxidation sites excluding steroid dienone is 2. The first kappa shape index (κ1) is 8.01. The van der Waals surface area contributed by atoms with Gasteiger partial charge in [-0.15, -0.1) is 12.4 Å².